The number of fused-ring (bicyclic) bond motifs is 3. The molecule has 1 aromatic heterocycles. The first-order chi connectivity index (χ1) is 29.9. The van der Waals surface area contributed by atoms with Crippen LogP contribution in [0.25, 0.3) is 0 Å². The number of benzene rings is 2. The fourth-order valence-corrected chi connectivity index (χ4v) is 10.4. The van der Waals surface area contributed by atoms with Crippen LogP contribution in [0.4, 0.5) is 26.0 Å². The van der Waals surface area contributed by atoms with E-state index in [4.69, 9.17) is 9.84 Å². The van der Waals surface area contributed by atoms with Gasteiger partial charge in [-0.2, -0.15) is 5.10 Å². The number of amides is 6. The molecule has 1 unspecified atom stereocenters. The van der Waals surface area contributed by atoms with Crippen LogP contribution in [0, 0.1) is 0 Å². The summed E-state index contributed by atoms with van der Waals surface area (Å²) in [5.74, 6) is -1.91. The molecule has 0 bridgehead atoms. The molecule has 6 amide bonds. The van der Waals surface area contributed by atoms with Gasteiger partial charge in [0.1, 0.15) is 6.04 Å². The number of nitrogens with one attached hydrogen (secondary N) is 1. The quantitative estimate of drug-likeness (QED) is 0.348. The van der Waals surface area contributed by atoms with Crippen molar-refractivity contribution < 1.29 is 42.3 Å². The van der Waals surface area contributed by atoms with E-state index in [0.29, 0.717) is 96.5 Å². The number of ether oxygens (including phenoxy) is 1. The second-order valence-corrected chi connectivity index (χ2v) is 17.4. The first-order valence-corrected chi connectivity index (χ1v) is 21.7. The third-order valence-corrected chi connectivity index (χ3v) is 13.9. The van der Waals surface area contributed by atoms with Crippen LogP contribution < -0.4 is 15.1 Å². The maximum absolute atomic E-state index is 15.0. The highest BCUT2D eigenvalue weighted by molar-refractivity contribution is 6.23. The predicted octanol–water partition coefficient (Wildman–Crippen LogP) is 3.21. The van der Waals surface area contributed by atoms with Gasteiger partial charge in [0.05, 0.1) is 23.7 Å². The van der Waals surface area contributed by atoms with Gasteiger partial charge in [0.25, 0.3) is 24.1 Å². The number of nitrogens with zero attached hydrogens (tertiary/aromatic N) is 8. The molecule has 4 fully saturated rings. The van der Waals surface area contributed by atoms with E-state index in [2.05, 4.69) is 19.8 Å². The lowest BCUT2D eigenvalue weighted by molar-refractivity contribution is -0.136. The fourth-order valence-electron chi connectivity index (χ4n) is 10.4. The minimum absolute atomic E-state index is 0.0192. The van der Waals surface area contributed by atoms with Gasteiger partial charge in [-0.05, 0) is 68.0 Å². The second kappa shape index (κ2) is 15.9. The van der Waals surface area contributed by atoms with Gasteiger partial charge in [0.2, 0.25) is 17.7 Å². The Balaban J connectivity index is 0.811. The SMILES string of the molecule is CC(=O)N1CCc2c(c(N3CCCc4cc(C(=O)N5CC(N6CCN(c7ccc8c(c7)C(=O)N(C7CCC(=O)NC7=O)C8=O)CC6)C5)c(C(F)F)cc43)nn2C2CCOCC2)C1. The molecule has 0 spiro atoms. The number of hydrogen-bond acceptors (Lipinski definition) is 11. The lowest BCUT2D eigenvalue weighted by Crippen LogP contribution is -2.64. The van der Waals surface area contributed by atoms with Crippen molar-refractivity contribution in [1.29, 1.82) is 0 Å². The normalized spacial score (nSPS) is 22.5. The number of halogens is 2. The number of aryl methyl sites for hydroxylation is 1. The molecule has 8 heterocycles. The molecule has 18 heteroatoms. The Morgan fingerprint density at radius 2 is 1.60 bits per heavy atom. The van der Waals surface area contributed by atoms with Crippen molar-refractivity contribution >= 4 is 52.6 Å². The van der Waals surface area contributed by atoms with E-state index >= 15 is 0 Å². The number of piperidine rings is 1. The number of alkyl halides is 2. The fraction of sp³-hybridized carbons (Fsp3) is 0.523. The van der Waals surface area contributed by atoms with Crippen molar-refractivity contribution in [1.82, 2.24) is 34.7 Å². The lowest BCUT2D eigenvalue weighted by atomic mass is 9.93. The summed E-state index contributed by atoms with van der Waals surface area (Å²) in [6.45, 7) is 7.87. The maximum atomic E-state index is 15.0. The number of likely N-dealkylation sites (tertiary alicyclic amines) is 1. The summed E-state index contributed by atoms with van der Waals surface area (Å²) >= 11 is 0. The minimum atomic E-state index is -2.87. The zero-order valence-corrected chi connectivity index (χ0v) is 34.6. The molecule has 16 nitrogen and oxygen atoms in total. The first-order valence-electron chi connectivity index (χ1n) is 21.7. The Kier molecular flexibility index (Phi) is 10.3. The van der Waals surface area contributed by atoms with Gasteiger partial charge in [-0.1, -0.05) is 0 Å². The number of imide groups is 2. The zero-order valence-electron chi connectivity index (χ0n) is 34.6. The molecule has 2 aromatic carbocycles. The highest BCUT2D eigenvalue weighted by Crippen LogP contribution is 2.42. The van der Waals surface area contributed by atoms with E-state index in [1.54, 1.807) is 36.1 Å². The predicted molar refractivity (Wildman–Crippen MR) is 219 cm³/mol. The van der Waals surface area contributed by atoms with Crippen molar-refractivity contribution in [2.45, 2.75) is 83.0 Å². The van der Waals surface area contributed by atoms with Gasteiger partial charge >= 0.3 is 0 Å². The van der Waals surface area contributed by atoms with Crippen LogP contribution in [0.1, 0.15) is 105 Å². The van der Waals surface area contributed by atoms with Crippen molar-refractivity contribution in [3.63, 3.8) is 0 Å². The summed E-state index contributed by atoms with van der Waals surface area (Å²) in [4.78, 5) is 88.1. The highest BCUT2D eigenvalue weighted by atomic mass is 19.3. The highest BCUT2D eigenvalue weighted by Gasteiger charge is 2.45. The van der Waals surface area contributed by atoms with Crippen LogP contribution in [0.15, 0.2) is 30.3 Å². The maximum Gasteiger partial charge on any atom is 0.264 e. The number of carbonyl (C=O) groups excluding carboxylic acids is 6. The van der Waals surface area contributed by atoms with Gasteiger partial charge in [-0.25, -0.2) is 8.78 Å². The van der Waals surface area contributed by atoms with Gasteiger partial charge in [-0.3, -0.25) is 48.6 Å². The zero-order chi connectivity index (χ0) is 43.0. The molecule has 4 saturated heterocycles. The van der Waals surface area contributed by atoms with E-state index in [9.17, 15) is 37.5 Å². The Bertz CT molecular complexity index is 2380. The van der Waals surface area contributed by atoms with E-state index in [1.165, 1.54) is 6.07 Å². The number of carbonyl (C=O) groups is 6. The summed E-state index contributed by atoms with van der Waals surface area (Å²) in [6, 6.07) is 7.45. The van der Waals surface area contributed by atoms with Crippen molar-refractivity contribution in [2.24, 2.45) is 0 Å². The topological polar surface area (TPSA) is 161 Å². The van der Waals surface area contributed by atoms with Crippen LogP contribution in [-0.2, 0) is 38.5 Å². The summed E-state index contributed by atoms with van der Waals surface area (Å²) < 4.78 is 37.7. The van der Waals surface area contributed by atoms with Crippen molar-refractivity contribution in [3.05, 3.63) is 69.4 Å². The van der Waals surface area contributed by atoms with Crippen molar-refractivity contribution in [3.8, 4) is 0 Å². The van der Waals surface area contributed by atoms with E-state index in [1.807, 2.05) is 9.80 Å². The summed E-state index contributed by atoms with van der Waals surface area (Å²) in [6.07, 6.45) is 0.972. The van der Waals surface area contributed by atoms with E-state index < -0.39 is 42.0 Å². The molecule has 0 radical (unpaired) electrons. The van der Waals surface area contributed by atoms with Crippen LogP contribution in [-0.4, -0.2) is 142 Å². The van der Waals surface area contributed by atoms with Crippen molar-refractivity contribution in [2.75, 3.05) is 75.4 Å². The first kappa shape index (κ1) is 40.3. The second-order valence-electron chi connectivity index (χ2n) is 17.4. The molecule has 1 N–H and O–H groups in total. The van der Waals surface area contributed by atoms with Crippen LogP contribution >= 0.6 is 0 Å². The van der Waals surface area contributed by atoms with Gasteiger partial charge in [-0.15, -0.1) is 0 Å². The third kappa shape index (κ3) is 6.91. The Hall–Kier alpha value is -5.75. The standard InChI is InChI=1S/C44H49F2N9O7/c1-25(56)51-12-8-35-34(24-51)40(48-55(35)27-9-17-62-18-10-27)53-11-2-3-26-19-32(31(39(45)46)21-37(26)53)42(59)52-22-29(23-52)50-15-13-49(14-16-50)28-4-5-30-33(20-28)44(61)54(43(30)60)36-6-7-38(57)47-41(36)58/h4-5,19-21,27,29,36,39H,2-3,6-18,22-24H2,1H3,(H,47,57,58). The summed E-state index contributed by atoms with van der Waals surface area (Å²) in [7, 11) is 0. The monoisotopic (exact) mass is 853 g/mol. The summed E-state index contributed by atoms with van der Waals surface area (Å²) in [5.41, 5.74) is 4.46. The number of hydrogen-bond donors (Lipinski definition) is 1. The largest absolute Gasteiger partial charge is 0.381 e. The molecular formula is C44H49F2N9O7. The minimum Gasteiger partial charge on any atom is -0.381 e. The molecule has 62 heavy (non-hydrogen) atoms. The average molecular weight is 854 g/mol. The Morgan fingerprint density at radius 1 is 0.839 bits per heavy atom. The average Bonchev–Trinajstić information content (AvgIpc) is 3.76. The van der Waals surface area contributed by atoms with E-state index in [0.717, 1.165) is 46.7 Å². The smallest absolute Gasteiger partial charge is 0.264 e. The molecule has 10 rings (SSSR count). The summed E-state index contributed by atoms with van der Waals surface area (Å²) in [5, 5.41) is 7.38. The van der Waals surface area contributed by atoms with Gasteiger partial charge in [0, 0.05) is 125 Å². The molecular weight excluding hydrogens is 805 g/mol. The van der Waals surface area contributed by atoms with Crippen LogP contribution in [0.3, 0.4) is 0 Å². The van der Waals surface area contributed by atoms with Crippen LogP contribution in [0.2, 0.25) is 0 Å². The van der Waals surface area contributed by atoms with Gasteiger partial charge < -0.3 is 24.3 Å². The molecule has 1 atom stereocenters. The van der Waals surface area contributed by atoms with Crippen LogP contribution in [0.5, 0.6) is 0 Å². The Morgan fingerprint density at radius 3 is 2.32 bits per heavy atom. The molecule has 7 aliphatic rings. The van der Waals surface area contributed by atoms with E-state index in [-0.39, 0.29) is 53.1 Å². The van der Waals surface area contributed by atoms with Gasteiger partial charge in [0.15, 0.2) is 5.82 Å². The Labute approximate surface area is 356 Å². The molecule has 0 aliphatic carbocycles. The number of piperazine rings is 1. The molecule has 7 aliphatic heterocycles. The third-order valence-electron chi connectivity index (χ3n) is 13.9. The number of anilines is 3. The molecule has 326 valence electrons. The lowest BCUT2D eigenvalue weighted by Gasteiger charge is -2.48. The molecule has 0 saturated carbocycles. The number of aromatic nitrogens is 2. The molecule has 3 aromatic rings. The number of rotatable bonds is 7.